The van der Waals surface area contributed by atoms with Gasteiger partial charge in [0, 0.05) is 22.5 Å². The van der Waals surface area contributed by atoms with Crippen molar-refractivity contribution in [3.8, 4) is 0 Å². The molecule has 1 saturated carbocycles. The molecule has 5 rings (SSSR count). The van der Waals surface area contributed by atoms with Crippen LogP contribution in [-0.2, 0) is 6.42 Å². The lowest BCUT2D eigenvalue weighted by Gasteiger charge is -2.20. The number of allylic oxidation sites excluding steroid dienone is 2. The molecule has 1 nitrogen and oxygen atoms in total. The summed E-state index contributed by atoms with van der Waals surface area (Å²) in [4.78, 5) is 3.70. The number of hydrogen-bond donors (Lipinski definition) is 1. The summed E-state index contributed by atoms with van der Waals surface area (Å²) in [7, 11) is 0. The fraction of sp³-hybridized carbons (Fsp3) is 0.375. The van der Waals surface area contributed by atoms with Gasteiger partial charge >= 0.3 is 0 Å². The van der Waals surface area contributed by atoms with E-state index in [-0.39, 0.29) is 0 Å². The van der Waals surface area contributed by atoms with Gasteiger partial charge in [-0.05, 0) is 42.2 Å². The van der Waals surface area contributed by atoms with E-state index in [1.165, 1.54) is 23.7 Å². The van der Waals surface area contributed by atoms with E-state index in [1.54, 1.807) is 11.3 Å². The maximum atomic E-state index is 3.70. The van der Waals surface area contributed by atoms with Crippen LogP contribution in [0, 0.1) is 17.8 Å². The minimum absolute atomic E-state index is 0.799. The van der Waals surface area contributed by atoms with Crippen LogP contribution in [0.1, 0.15) is 23.6 Å². The van der Waals surface area contributed by atoms with E-state index in [0.717, 1.165) is 23.7 Å². The van der Waals surface area contributed by atoms with Gasteiger partial charge in [0.25, 0.3) is 0 Å². The second kappa shape index (κ2) is 2.66. The summed E-state index contributed by atoms with van der Waals surface area (Å²) in [6.07, 6.45) is 7.64. The summed E-state index contributed by atoms with van der Waals surface area (Å²) in [6.45, 7) is 0. The molecule has 0 radical (unpaired) electrons. The zero-order valence-corrected chi connectivity index (χ0v) is 9.69. The summed E-state index contributed by atoms with van der Waals surface area (Å²) < 4.78 is 0. The Kier molecular flexibility index (Phi) is 1.34. The van der Waals surface area contributed by atoms with Crippen LogP contribution in [0.25, 0.3) is 10.9 Å². The summed E-state index contributed by atoms with van der Waals surface area (Å²) >= 11 is 0. The Morgan fingerprint density at radius 3 is 2.94 bits per heavy atom. The van der Waals surface area contributed by atoms with E-state index in [4.69, 9.17) is 0 Å². The number of nitrogens with one attached hydrogen (secondary N) is 1. The standard InChI is InChI=1S/C16H15N/c1-2-4-14-11(3-1)13-8-12-9-5-6-10(7-9)15(12)16(13)17-14/h1-6,9-10,12,15,17H,7-8H2/t9?,10?,12-,15+/m0/s1. The fourth-order valence-corrected chi connectivity index (χ4v) is 4.59. The van der Waals surface area contributed by atoms with Crippen molar-refractivity contribution in [1.82, 2.24) is 4.98 Å². The smallest absolute Gasteiger partial charge is 0.0459 e. The molecule has 1 N–H and O–H groups in total. The van der Waals surface area contributed by atoms with Gasteiger partial charge in [-0.15, -0.1) is 0 Å². The first-order chi connectivity index (χ1) is 8.42. The van der Waals surface area contributed by atoms with Crippen LogP contribution in [0.4, 0.5) is 0 Å². The second-order valence-electron chi connectivity index (χ2n) is 5.90. The molecule has 17 heavy (non-hydrogen) atoms. The molecule has 1 aromatic carbocycles. The maximum absolute atomic E-state index is 3.70. The maximum Gasteiger partial charge on any atom is 0.0459 e. The summed E-state index contributed by atoms with van der Waals surface area (Å²) in [5.74, 6) is 3.38. The Hall–Kier alpha value is -1.50. The lowest BCUT2D eigenvalue weighted by atomic mass is 9.85. The number of rotatable bonds is 0. The van der Waals surface area contributed by atoms with Crippen LogP contribution in [-0.4, -0.2) is 4.98 Å². The zero-order chi connectivity index (χ0) is 11.0. The van der Waals surface area contributed by atoms with Crippen LogP contribution in [0.5, 0.6) is 0 Å². The molecule has 0 aliphatic heterocycles. The van der Waals surface area contributed by atoms with Crippen molar-refractivity contribution >= 4 is 10.9 Å². The van der Waals surface area contributed by atoms with E-state index in [1.807, 2.05) is 0 Å². The quantitative estimate of drug-likeness (QED) is 0.654. The highest BCUT2D eigenvalue weighted by molar-refractivity contribution is 5.85. The Morgan fingerprint density at radius 2 is 1.94 bits per heavy atom. The summed E-state index contributed by atoms with van der Waals surface area (Å²) in [5, 5.41) is 1.47. The lowest BCUT2D eigenvalue weighted by molar-refractivity contribution is 0.422. The highest BCUT2D eigenvalue weighted by Gasteiger charge is 2.50. The summed E-state index contributed by atoms with van der Waals surface area (Å²) in [5.41, 5.74) is 4.52. The third kappa shape index (κ3) is 0.888. The van der Waals surface area contributed by atoms with Crippen molar-refractivity contribution in [2.24, 2.45) is 17.8 Å². The molecule has 84 valence electrons. The highest BCUT2D eigenvalue weighted by atomic mass is 14.8. The monoisotopic (exact) mass is 221 g/mol. The van der Waals surface area contributed by atoms with Gasteiger partial charge in [0.1, 0.15) is 0 Å². The van der Waals surface area contributed by atoms with Gasteiger partial charge in [0.05, 0.1) is 0 Å². The van der Waals surface area contributed by atoms with Gasteiger partial charge in [-0.1, -0.05) is 30.4 Å². The zero-order valence-electron chi connectivity index (χ0n) is 9.69. The fourth-order valence-electron chi connectivity index (χ4n) is 4.59. The lowest BCUT2D eigenvalue weighted by Crippen LogP contribution is -2.13. The molecular weight excluding hydrogens is 206 g/mol. The third-order valence-corrected chi connectivity index (χ3v) is 5.24. The first kappa shape index (κ1) is 8.57. The van der Waals surface area contributed by atoms with Gasteiger partial charge in [-0.3, -0.25) is 0 Å². The van der Waals surface area contributed by atoms with Crippen LogP contribution in [0.15, 0.2) is 36.4 Å². The Bertz CT molecular complexity index is 649. The van der Waals surface area contributed by atoms with E-state index in [0.29, 0.717) is 0 Å². The highest BCUT2D eigenvalue weighted by Crippen LogP contribution is 2.59. The molecule has 3 aliphatic rings. The van der Waals surface area contributed by atoms with Gasteiger partial charge in [0.2, 0.25) is 0 Å². The van der Waals surface area contributed by atoms with Crippen LogP contribution in [0.3, 0.4) is 0 Å². The molecular formula is C16H15N. The molecule has 1 fully saturated rings. The van der Waals surface area contributed by atoms with Crippen molar-refractivity contribution in [1.29, 1.82) is 0 Å². The Balaban J connectivity index is 1.78. The third-order valence-electron chi connectivity index (χ3n) is 5.24. The number of para-hydroxylation sites is 1. The van der Waals surface area contributed by atoms with Crippen molar-refractivity contribution in [2.75, 3.05) is 0 Å². The molecule has 1 heteroatoms. The molecule has 0 saturated heterocycles. The van der Waals surface area contributed by atoms with E-state index in [2.05, 4.69) is 41.4 Å². The van der Waals surface area contributed by atoms with E-state index in [9.17, 15) is 0 Å². The van der Waals surface area contributed by atoms with Gasteiger partial charge in [0.15, 0.2) is 0 Å². The molecule has 3 aliphatic carbocycles. The largest absolute Gasteiger partial charge is 0.358 e. The Labute approximate surface area is 101 Å². The number of hydrogen-bond acceptors (Lipinski definition) is 0. The molecule has 1 aromatic heterocycles. The minimum Gasteiger partial charge on any atom is -0.358 e. The number of benzene rings is 1. The number of aromatic nitrogens is 1. The number of H-pyrrole nitrogens is 1. The van der Waals surface area contributed by atoms with Crippen LogP contribution < -0.4 is 0 Å². The Morgan fingerprint density at radius 1 is 1.06 bits per heavy atom. The average molecular weight is 221 g/mol. The number of aromatic amines is 1. The van der Waals surface area contributed by atoms with E-state index < -0.39 is 0 Å². The molecule has 2 unspecified atom stereocenters. The molecule has 1 heterocycles. The topological polar surface area (TPSA) is 15.8 Å². The predicted molar refractivity (Wildman–Crippen MR) is 69.0 cm³/mol. The van der Waals surface area contributed by atoms with Crippen molar-refractivity contribution in [3.05, 3.63) is 47.7 Å². The molecule has 2 bridgehead atoms. The first-order valence-electron chi connectivity index (χ1n) is 6.69. The van der Waals surface area contributed by atoms with Crippen LogP contribution in [0.2, 0.25) is 0 Å². The average Bonchev–Trinajstić information content (AvgIpc) is 3.05. The van der Waals surface area contributed by atoms with Crippen LogP contribution >= 0.6 is 0 Å². The molecule has 4 atom stereocenters. The SMILES string of the molecule is C1=CC2CC1[C@H]1c3[nH]c4ccccc4c3C[C@@H]21. The molecule has 0 spiro atoms. The van der Waals surface area contributed by atoms with Gasteiger partial charge < -0.3 is 4.98 Å². The van der Waals surface area contributed by atoms with Gasteiger partial charge in [-0.25, -0.2) is 0 Å². The number of fused-ring (bicyclic) bond motifs is 9. The van der Waals surface area contributed by atoms with E-state index >= 15 is 0 Å². The van der Waals surface area contributed by atoms with Crippen molar-refractivity contribution < 1.29 is 0 Å². The molecule has 0 amide bonds. The second-order valence-corrected chi connectivity index (χ2v) is 5.90. The molecule has 2 aromatic rings. The predicted octanol–water partition coefficient (Wildman–Crippen LogP) is 3.63. The minimum atomic E-state index is 0.799. The normalized spacial score (nSPS) is 36.7. The summed E-state index contributed by atoms with van der Waals surface area (Å²) in [6, 6.07) is 8.79. The van der Waals surface area contributed by atoms with Gasteiger partial charge in [-0.2, -0.15) is 0 Å². The first-order valence-corrected chi connectivity index (χ1v) is 6.69. The van der Waals surface area contributed by atoms with Crippen molar-refractivity contribution in [3.63, 3.8) is 0 Å². The van der Waals surface area contributed by atoms with Crippen molar-refractivity contribution in [2.45, 2.75) is 18.8 Å².